The van der Waals surface area contributed by atoms with Gasteiger partial charge in [0.15, 0.2) is 0 Å². The molecule has 1 saturated carbocycles. The van der Waals surface area contributed by atoms with Crippen molar-refractivity contribution in [1.29, 1.82) is 0 Å². The number of hydrogen-bond donors (Lipinski definition) is 1. The summed E-state index contributed by atoms with van der Waals surface area (Å²) >= 11 is 0. The average molecular weight is 254 g/mol. The average Bonchev–Trinajstić information content (AvgIpc) is 3.20. The lowest BCUT2D eigenvalue weighted by molar-refractivity contribution is 0.0304. The summed E-state index contributed by atoms with van der Waals surface area (Å²) < 4.78 is 5.24. The second kappa shape index (κ2) is 5.89. The van der Waals surface area contributed by atoms with Crippen LogP contribution in [-0.4, -0.2) is 49.3 Å². The molecular formula is C15H30N2O. The van der Waals surface area contributed by atoms with E-state index in [1.807, 2.05) is 0 Å². The second-order valence-electron chi connectivity index (χ2n) is 6.44. The van der Waals surface area contributed by atoms with E-state index in [2.05, 4.69) is 31.0 Å². The summed E-state index contributed by atoms with van der Waals surface area (Å²) in [7, 11) is 1.80. The van der Waals surface area contributed by atoms with Crippen LogP contribution in [0.5, 0.6) is 0 Å². The number of hydrogen-bond acceptors (Lipinski definition) is 3. The molecule has 0 aromatic heterocycles. The van der Waals surface area contributed by atoms with Crippen molar-refractivity contribution >= 4 is 0 Å². The van der Waals surface area contributed by atoms with Crippen LogP contribution in [0.2, 0.25) is 0 Å². The van der Waals surface area contributed by atoms with Crippen LogP contribution in [0.4, 0.5) is 0 Å². The quantitative estimate of drug-likeness (QED) is 0.787. The molecule has 3 heteroatoms. The van der Waals surface area contributed by atoms with Gasteiger partial charge < -0.3 is 10.1 Å². The summed E-state index contributed by atoms with van der Waals surface area (Å²) in [5.74, 6) is 0.910. The van der Waals surface area contributed by atoms with Gasteiger partial charge in [0.25, 0.3) is 0 Å². The highest BCUT2D eigenvalue weighted by atomic mass is 16.5. The Morgan fingerprint density at radius 1 is 1.44 bits per heavy atom. The summed E-state index contributed by atoms with van der Waals surface area (Å²) in [6, 6.07) is 1.33. The van der Waals surface area contributed by atoms with Crippen molar-refractivity contribution in [2.45, 2.75) is 64.1 Å². The van der Waals surface area contributed by atoms with Crippen LogP contribution in [0, 0.1) is 5.92 Å². The van der Waals surface area contributed by atoms with Crippen molar-refractivity contribution in [2.24, 2.45) is 5.92 Å². The van der Waals surface area contributed by atoms with E-state index in [-0.39, 0.29) is 0 Å². The molecule has 1 heterocycles. The first kappa shape index (κ1) is 14.3. The minimum atomic E-state index is 0.354. The van der Waals surface area contributed by atoms with Crippen LogP contribution < -0.4 is 5.32 Å². The van der Waals surface area contributed by atoms with E-state index in [9.17, 15) is 0 Å². The van der Waals surface area contributed by atoms with Crippen LogP contribution in [-0.2, 0) is 4.74 Å². The summed E-state index contributed by atoms with van der Waals surface area (Å²) in [6.07, 6.45) is 5.22. The Kier molecular flexibility index (Phi) is 4.68. The van der Waals surface area contributed by atoms with E-state index in [4.69, 9.17) is 4.74 Å². The van der Waals surface area contributed by atoms with Gasteiger partial charge >= 0.3 is 0 Å². The zero-order valence-electron chi connectivity index (χ0n) is 12.5. The molecule has 3 unspecified atom stereocenters. The van der Waals surface area contributed by atoms with Gasteiger partial charge in [0.05, 0.1) is 0 Å². The molecule has 1 aliphatic carbocycles. The van der Waals surface area contributed by atoms with Gasteiger partial charge in [-0.1, -0.05) is 6.92 Å². The van der Waals surface area contributed by atoms with Crippen LogP contribution in [0.3, 0.4) is 0 Å². The first-order chi connectivity index (χ1) is 8.60. The van der Waals surface area contributed by atoms with Crippen molar-refractivity contribution in [2.75, 3.05) is 26.8 Å². The van der Waals surface area contributed by atoms with E-state index in [0.29, 0.717) is 17.6 Å². The highest BCUT2D eigenvalue weighted by Gasteiger charge is 2.46. The number of methoxy groups -OCH3 is 1. The monoisotopic (exact) mass is 254 g/mol. The third-order valence-electron chi connectivity index (χ3n) is 4.98. The lowest BCUT2D eigenvalue weighted by Crippen LogP contribution is -2.65. The summed E-state index contributed by atoms with van der Waals surface area (Å²) in [6.45, 7) is 10.3. The normalized spacial score (nSPS) is 35.7. The van der Waals surface area contributed by atoms with Gasteiger partial charge in [0, 0.05) is 44.4 Å². The maximum Gasteiger partial charge on any atom is 0.0477 e. The molecule has 18 heavy (non-hydrogen) atoms. The van der Waals surface area contributed by atoms with Crippen molar-refractivity contribution in [3.63, 3.8) is 0 Å². The Labute approximate surface area is 112 Å². The third-order valence-corrected chi connectivity index (χ3v) is 4.98. The molecule has 2 fully saturated rings. The molecule has 0 radical (unpaired) electrons. The summed E-state index contributed by atoms with van der Waals surface area (Å²) in [4.78, 5) is 2.73. The molecule has 1 N–H and O–H groups in total. The van der Waals surface area contributed by atoms with Gasteiger partial charge in [-0.05, 0) is 45.4 Å². The highest BCUT2D eigenvalue weighted by molar-refractivity contribution is 5.04. The third kappa shape index (κ3) is 3.06. The van der Waals surface area contributed by atoms with Crippen molar-refractivity contribution < 1.29 is 4.74 Å². The van der Waals surface area contributed by atoms with Crippen LogP contribution in [0.25, 0.3) is 0 Å². The van der Waals surface area contributed by atoms with Crippen LogP contribution in [0.15, 0.2) is 0 Å². The Hall–Kier alpha value is -0.120. The molecule has 0 spiro atoms. The fraction of sp³-hybridized carbons (Fsp3) is 1.00. The molecule has 0 bridgehead atoms. The number of nitrogens with zero attached hydrogens (tertiary/aromatic N) is 1. The molecular weight excluding hydrogens is 224 g/mol. The fourth-order valence-corrected chi connectivity index (χ4v) is 3.38. The molecule has 2 aliphatic rings. The van der Waals surface area contributed by atoms with Gasteiger partial charge in [-0.25, -0.2) is 0 Å². The van der Waals surface area contributed by atoms with Gasteiger partial charge in [0.2, 0.25) is 0 Å². The number of ether oxygens (including phenoxy) is 1. The summed E-state index contributed by atoms with van der Waals surface area (Å²) in [5, 5.41) is 3.83. The van der Waals surface area contributed by atoms with E-state index in [1.165, 1.54) is 25.8 Å². The van der Waals surface area contributed by atoms with Crippen LogP contribution in [0.1, 0.15) is 46.5 Å². The second-order valence-corrected chi connectivity index (χ2v) is 6.44. The van der Waals surface area contributed by atoms with Gasteiger partial charge in [-0.2, -0.15) is 0 Å². The standard InChI is InChI=1S/C15H30N2O/c1-5-14-10-16-15(3,13-6-7-13)11-17(14)12(2)8-9-18-4/h12-14,16H,5-11H2,1-4H3. The fourth-order valence-electron chi connectivity index (χ4n) is 3.38. The summed E-state index contributed by atoms with van der Waals surface area (Å²) in [5.41, 5.74) is 0.354. The Morgan fingerprint density at radius 3 is 2.72 bits per heavy atom. The minimum absolute atomic E-state index is 0.354. The molecule has 1 aliphatic heterocycles. The molecule has 3 atom stereocenters. The Bertz CT molecular complexity index is 267. The van der Waals surface area contributed by atoms with Crippen molar-refractivity contribution in [3.8, 4) is 0 Å². The number of nitrogens with one attached hydrogen (secondary N) is 1. The Morgan fingerprint density at radius 2 is 2.17 bits per heavy atom. The molecule has 2 rings (SSSR count). The molecule has 0 aromatic rings. The van der Waals surface area contributed by atoms with Crippen molar-refractivity contribution in [3.05, 3.63) is 0 Å². The Balaban J connectivity index is 1.98. The zero-order valence-corrected chi connectivity index (χ0v) is 12.5. The van der Waals surface area contributed by atoms with Crippen molar-refractivity contribution in [1.82, 2.24) is 10.2 Å². The first-order valence-corrected chi connectivity index (χ1v) is 7.60. The smallest absolute Gasteiger partial charge is 0.0477 e. The number of piperazine rings is 1. The minimum Gasteiger partial charge on any atom is -0.385 e. The zero-order chi connectivity index (χ0) is 13.2. The first-order valence-electron chi connectivity index (χ1n) is 7.60. The SMILES string of the molecule is CCC1CNC(C)(C2CC2)CN1C(C)CCOC. The molecule has 1 saturated heterocycles. The van der Waals surface area contributed by atoms with Gasteiger partial charge in [0.1, 0.15) is 0 Å². The lowest BCUT2D eigenvalue weighted by Gasteiger charge is -2.49. The van der Waals surface area contributed by atoms with Crippen LogP contribution >= 0.6 is 0 Å². The topological polar surface area (TPSA) is 24.5 Å². The largest absolute Gasteiger partial charge is 0.385 e. The predicted octanol–water partition coefficient (Wildman–Crippen LogP) is 2.26. The lowest BCUT2D eigenvalue weighted by atomic mass is 9.89. The van der Waals surface area contributed by atoms with E-state index >= 15 is 0 Å². The van der Waals surface area contributed by atoms with Gasteiger partial charge in [-0.3, -0.25) is 4.90 Å². The molecule has 3 nitrogen and oxygen atoms in total. The highest BCUT2D eigenvalue weighted by Crippen LogP contribution is 2.41. The predicted molar refractivity (Wildman–Crippen MR) is 75.9 cm³/mol. The van der Waals surface area contributed by atoms with E-state index in [1.54, 1.807) is 7.11 Å². The molecule has 106 valence electrons. The molecule has 0 aromatic carbocycles. The molecule has 0 amide bonds. The number of rotatable bonds is 6. The van der Waals surface area contributed by atoms with E-state index < -0.39 is 0 Å². The van der Waals surface area contributed by atoms with E-state index in [0.717, 1.165) is 25.5 Å². The maximum atomic E-state index is 5.24. The maximum absolute atomic E-state index is 5.24. The van der Waals surface area contributed by atoms with Gasteiger partial charge in [-0.15, -0.1) is 0 Å².